The van der Waals surface area contributed by atoms with Crippen LogP contribution in [0.25, 0.3) is 0 Å². The van der Waals surface area contributed by atoms with Gasteiger partial charge in [0.2, 0.25) is 0 Å². The zero-order valence-electron chi connectivity index (χ0n) is 6.33. The van der Waals surface area contributed by atoms with Gasteiger partial charge in [-0.1, -0.05) is 6.07 Å². The van der Waals surface area contributed by atoms with Gasteiger partial charge in [0.15, 0.2) is 0 Å². The average molecular weight is 230 g/mol. The molecule has 0 radical (unpaired) electrons. The summed E-state index contributed by atoms with van der Waals surface area (Å²) >= 11 is 3.20. The summed E-state index contributed by atoms with van der Waals surface area (Å²) in [6.07, 6.45) is 0. The Kier molecular flexibility index (Phi) is 2.70. The second-order valence-electron chi connectivity index (χ2n) is 2.14. The second-order valence-corrected chi connectivity index (χ2v) is 2.99. The van der Waals surface area contributed by atoms with Gasteiger partial charge in [0.05, 0.1) is 17.6 Å². The van der Waals surface area contributed by atoms with Gasteiger partial charge in [0.25, 0.3) is 0 Å². The number of carbonyl (C=O) groups is 1. The zero-order chi connectivity index (χ0) is 9.14. The molecule has 0 saturated carbocycles. The molecule has 0 heterocycles. The van der Waals surface area contributed by atoms with Crippen LogP contribution in [0.1, 0.15) is 10.4 Å². The lowest BCUT2D eigenvalue weighted by Gasteiger charge is -2.06. The number of carboxylic acid groups (broad SMARTS) is 1. The fourth-order valence-electron chi connectivity index (χ4n) is 0.787. The molecule has 12 heavy (non-hydrogen) atoms. The van der Waals surface area contributed by atoms with E-state index in [9.17, 15) is 9.90 Å². The van der Waals surface area contributed by atoms with Crippen molar-refractivity contribution in [2.45, 2.75) is 0 Å². The largest absolute Gasteiger partial charge is 0.545 e. The van der Waals surface area contributed by atoms with Crippen LogP contribution in [0.2, 0.25) is 0 Å². The van der Waals surface area contributed by atoms with Gasteiger partial charge in [-0.05, 0) is 28.1 Å². The molecule has 0 aliphatic rings. The molecule has 0 aliphatic carbocycles. The van der Waals surface area contributed by atoms with Crippen molar-refractivity contribution in [2.75, 3.05) is 7.11 Å². The lowest BCUT2D eigenvalue weighted by molar-refractivity contribution is -0.255. The predicted molar refractivity (Wildman–Crippen MR) is 45.0 cm³/mol. The summed E-state index contributed by atoms with van der Waals surface area (Å²) in [7, 11) is 1.47. The minimum Gasteiger partial charge on any atom is -0.545 e. The molecule has 0 aliphatic heterocycles. The highest BCUT2D eigenvalue weighted by Gasteiger charge is 2.01. The number of carboxylic acids is 1. The highest BCUT2D eigenvalue weighted by Crippen LogP contribution is 2.25. The van der Waals surface area contributed by atoms with Crippen LogP contribution in [-0.2, 0) is 0 Å². The van der Waals surface area contributed by atoms with Crippen molar-refractivity contribution in [3.8, 4) is 5.75 Å². The molecular formula is C8H6BrO3-. The van der Waals surface area contributed by atoms with Gasteiger partial charge in [-0.2, -0.15) is 0 Å². The Morgan fingerprint density at radius 3 is 2.75 bits per heavy atom. The van der Waals surface area contributed by atoms with Gasteiger partial charge in [-0.15, -0.1) is 0 Å². The predicted octanol–water partition coefficient (Wildman–Crippen LogP) is 0.821. The molecule has 1 aromatic carbocycles. The Bertz CT molecular complexity index is 309. The van der Waals surface area contributed by atoms with Crippen molar-refractivity contribution >= 4 is 21.9 Å². The maximum Gasteiger partial charge on any atom is 0.133 e. The lowest BCUT2D eigenvalue weighted by Crippen LogP contribution is -2.22. The molecule has 0 atom stereocenters. The molecule has 0 aromatic heterocycles. The molecule has 0 unspecified atom stereocenters. The normalized spacial score (nSPS) is 9.50. The number of halogens is 1. The Morgan fingerprint density at radius 2 is 2.25 bits per heavy atom. The van der Waals surface area contributed by atoms with E-state index in [1.807, 2.05) is 0 Å². The minimum absolute atomic E-state index is 0.107. The van der Waals surface area contributed by atoms with Crippen molar-refractivity contribution in [2.24, 2.45) is 0 Å². The SMILES string of the molecule is COc1cc(C(=O)[O-])ccc1Br. The van der Waals surface area contributed by atoms with Crippen molar-refractivity contribution in [1.82, 2.24) is 0 Å². The number of rotatable bonds is 2. The summed E-state index contributed by atoms with van der Waals surface area (Å²) in [4.78, 5) is 10.4. The maximum atomic E-state index is 10.4. The van der Waals surface area contributed by atoms with E-state index in [1.54, 1.807) is 6.07 Å². The third-order valence-corrected chi connectivity index (χ3v) is 2.04. The fourth-order valence-corrected chi connectivity index (χ4v) is 1.20. The Hall–Kier alpha value is -1.03. The maximum absolute atomic E-state index is 10.4. The molecule has 3 nitrogen and oxygen atoms in total. The molecule has 64 valence electrons. The minimum atomic E-state index is -1.21. The summed E-state index contributed by atoms with van der Waals surface area (Å²) in [6.45, 7) is 0. The van der Waals surface area contributed by atoms with Gasteiger partial charge >= 0.3 is 0 Å². The van der Waals surface area contributed by atoms with Gasteiger partial charge in [0.1, 0.15) is 5.75 Å². The topological polar surface area (TPSA) is 49.4 Å². The van der Waals surface area contributed by atoms with Crippen LogP contribution < -0.4 is 9.84 Å². The van der Waals surface area contributed by atoms with Crippen LogP contribution >= 0.6 is 15.9 Å². The van der Waals surface area contributed by atoms with Crippen molar-refractivity contribution < 1.29 is 14.6 Å². The molecule has 0 amide bonds. The van der Waals surface area contributed by atoms with Crippen molar-refractivity contribution in [1.29, 1.82) is 0 Å². The summed E-state index contributed by atoms with van der Waals surface area (Å²) in [5.74, 6) is -0.725. The molecule has 0 N–H and O–H groups in total. The third kappa shape index (κ3) is 1.76. The number of benzene rings is 1. The van der Waals surface area contributed by atoms with Crippen LogP contribution in [0.5, 0.6) is 5.75 Å². The molecule has 4 heteroatoms. The Morgan fingerprint density at radius 1 is 1.58 bits per heavy atom. The number of carbonyl (C=O) groups excluding carboxylic acids is 1. The smallest absolute Gasteiger partial charge is 0.133 e. The Balaban J connectivity index is 3.13. The van der Waals surface area contributed by atoms with E-state index in [1.165, 1.54) is 19.2 Å². The summed E-state index contributed by atoms with van der Waals surface area (Å²) in [5, 5.41) is 10.4. The highest BCUT2D eigenvalue weighted by molar-refractivity contribution is 9.10. The summed E-state index contributed by atoms with van der Waals surface area (Å²) in [5.41, 5.74) is 0.107. The van der Waals surface area contributed by atoms with E-state index in [2.05, 4.69) is 15.9 Å². The standard InChI is InChI=1S/C8H7BrO3/c1-12-7-4-5(8(10)11)2-3-6(7)9/h2-4H,1H3,(H,10,11)/p-1. The number of hydrogen-bond acceptors (Lipinski definition) is 3. The number of hydrogen-bond donors (Lipinski definition) is 0. The van der Waals surface area contributed by atoms with E-state index in [4.69, 9.17) is 4.74 Å². The molecule has 0 bridgehead atoms. The van der Waals surface area contributed by atoms with E-state index in [0.717, 1.165) is 4.47 Å². The quantitative estimate of drug-likeness (QED) is 0.755. The van der Waals surface area contributed by atoms with E-state index >= 15 is 0 Å². The first-order chi connectivity index (χ1) is 5.65. The van der Waals surface area contributed by atoms with Crippen LogP contribution in [0, 0.1) is 0 Å². The molecule has 0 fully saturated rings. The first-order valence-electron chi connectivity index (χ1n) is 3.20. The van der Waals surface area contributed by atoms with Crippen LogP contribution in [0.15, 0.2) is 22.7 Å². The molecule has 1 rings (SSSR count). The molecular weight excluding hydrogens is 224 g/mol. The lowest BCUT2D eigenvalue weighted by atomic mass is 10.2. The van der Waals surface area contributed by atoms with E-state index < -0.39 is 5.97 Å². The zero-order valence-corrected chi connectivity index (χ0v) is 7.92. The van der Waals surface area contributed by atoms with E-state index in [-0.39, 0.29) is 5.56 Å². The number of ether oxygens (including phenoxy) is 1. The van der Waals surface area contributed by atoms with Gasteiger partial charge in [-0.25, -0.2) is 0 Å². The highest BCUT2D eigenvalue weighted by atomic mass is 79.9. The van der Waals surface area contributed by atoms with Crippen LogP contribution in [-0.4, -0.2) is 13.1 Å². The second kappa shape index (κ2) is 3.58. The first kappa shape index (κ1) is 9.06. The Labute approximate surface area is 78.1 Å². The monoisotopic (exact) mass is 229 g/mol. The first-order valence-corrected chi connectivity index (χ1v) is 3.99. The van der Waals surface area contributed by atoms with Gasteiger partial charge in [0, 0.05) is 5.56 Å². The van der Waals surface area contributed by atoms with Crippen LogP contribution in [0.4, 0.5) is 0 Å². The third-order valence-electron chi connectivity index (χ3n) is 1.39. The molecule has 0 spiro atoms. The number of methoxy groups -OCH3 is 1. The molecule has 1 aromatic rings. The average Bonchev–Trinajstić information content (AvgIpc) is 2.05. The van der Waals surface area contributed by atoms with Gasteiger partial charge in [-0.3, -0.25) is 0 Å². The number of aromatic carboxylic acids is 1. The molecule has 0 saturated heterocycles. The van der Waals surface area contributed by atoms with Crippen molar-refractivity contribution in [3.63, 3.8) is 0 Å². The van der Waals surface area contributed by atoms with Gasteiger partial charge < -0.3 is 14.6 Å². The summed E-state index contributed by atoms with van der Waals surface area (Å²) in [6, 6.07) is 4.45. The van der Waals surface area contributed by atoms with Crippen LogP contribution in [0.3, 0.4) is 0 Å². The van der Waals surface area contributed by atoms with Crippen molar-refractivity contribution in [3.05, 3.63) is 28.2 Å². The fraction of sp³-hybridized carbons (Fsp3) is 0.125. The summed E-state index contributed by atoms with van der Waals surface area (Å²) < 4.78 is 5.62. The van der Waals surface area contributed by atoms with E-state index in [0.29, 0.717) is 5.75 Å².